The first-order valence-corrected chi connectivity index (χ1v) is 7.22. The lowest BCUT2D eigenvalue weighted by Gasteiger charge is -2.23. The lowest BCUT2D eigenvalue weighted by atomic mass is 10.1. The molecule has 5 nitrogen and oxygen atoms in total. The molecule has 118 valence electrons. The van der Waals surface area contributed by atoms with Crippen molar-refractivity contribution >= 4 is 28.5 Å². The van der Waals surface area contributed by atoms with E-state index in [1.54, 1.807) is 30.3 Å². The molecule has 0 spiro atoms. The summed E-state index contributed by atoms with van der Waals surface area (Å²) in [6.45, 7) is 0. The van der Waals surface area contributed by atoms with Crippen molar-refractivity contribution in [3.63, 3.8) is 0 Å². The number of halogens is 3. The number of benzene rings is 1. The molecule has 0 bridgehead atoms. The fourth-order valence-electron chi connectivity index (χ4n) is 2.06. The molecule has 0 saturated heterocycles. The monoisotopic (exact) mass is 338 g/mol. The molecule has 0 aromatic heterocycles. The van der Waals surface area contributed by atoms with Gasteiger partial charge in [0, 0.05) is 11.0 Å². The summed E-state index contributed by atoms with van der Waals surface area (Å²) in [5.41, 5.74) is 4.33. The molecule has 0 fully saturated rings. The highest BCUT2D eigenvalue weighted by Gasteiger charge is 2.44. The van der Waals surface area contributed by atoms with E-state index in [4.69, 9.17) is 5.73 Å². The van der Waals surface area contributed by atoms with Crippen molar-refractivity contribution in [1.29, 1.82) is 0 Å². The highest BCUT2D eigenvalue weighted by atomic mass is 32.2. The van der Waals surface area contributed by atoms with Crippen LogP contribution < -0.4 is 5.73 Å². The van der Waals surface area contributed by atoms with Gasteiger partial charge in [-0.25, -0.2) is 0 Å². The summed E-state index contributed by atoms with van der Waals surface area (Å²) in [5, 5.41) is 8.85. The Bertz CT molecular complexity index is 781. The highest BCUT2D eigenvalue weighted by Crippen LogP contribution is 2.39. The van der Waals surface area contributed by atoms with Crippen molar-refractivity contribution in [3.8, 4) is 0 Å². The topological polar surface area (TPSA) is 71.0 Å². The number of carbonyl (C=O) groups is 1. The molecule has 2 N–H and O–H groups in total. The maximum atomic E-state index is 13.5. The highest BCUT2D eigenvalue weighted by molar-refractivity contribution is 8.16. The Morgan fingerprint density at radius 3 is 2.48 bits per heavy atom. The van der Waals surface area contributed by atoms with Crippen LogP contribution in [0.2, 0.25) is 0 Å². The van der Waals surface area contributed by atoms with Crippen LogP contribution in [0.1, 0.15) is 5.56 Å². The minimum atomic E-state index is -4.71. The molecule has 0 atom stereocenters. The maximum absolute atomic E-state index is 13.5. The van der Waals surface area contributed by atoms with Crippen LogP contribution in [0.3, 0.4) is 0 Å². The van der Waals surface area contributed by atoms with Crippen molar-refractivity contribution in [2.45, 2.75) is 6.18 Å². The lowest BCUT2D eigenvalue weighted by molar-refractivity contribution is -0.117. The molecule has 1 aromatic rings. The number of carbonyl (C=O) groups excluding carboxylic acids is 1. The fourth-order valence-corrected chi connectivity index (χ4v) is 2.89. The number of thioether (sulfide) groups is 1. The SMILES string of the molecule is NC(=O)C1=CSC2=NN=C(c3ccccc3)C=C(C(F)(F)F)N12. The van der Waals surface area contributed by atoms with Crippen LogP contribution in [-0.4, -0.2) is 27.9 Å². The average Bonchev–Trinajstić information content (AvgIpc) is 2.81. The van der Waals surface area contributed by atoms with Gasteiger partial charge in [-0.2, -0.15) is 13.2 Å². The summed E-state index contributed by atoms with van der Waals surface area (Å²) in [5.74, 6) is -0.971. The number of rotatable bonds is 2. The molecule has 1 aromatic carbocycles. The summed E-state index contributed by atoms with van der Waals surface area (Å²) in [4.78, 5) is 12.1. The fraction of sp³-hybridized carbons (Fsp3) is 0.0714. The van der Waals surface area contributed by atoms with E-state index in [0.717, 1.165) is 17.8 Å². The van der Waals surface area contributed by atoms with E-state index in [2.05, 4.69) is 10.2 Å². The number of hydrogen-bond acceptors (Lipinski definition) is 5. The van der Waals surface area contributed by atoms with Gasteiger partial charge >= 0.3 is 6.18 Å². The van der Waals surface area contributed by atoms with Gasteiger partial charge in [-0.05, 0) is 6.08 Å². The molecule has 2 aliphatic rings. The molecule has 0 radical (unpaired) electrons. The van der Waals surface area contributed by atoms with Gasteiger partial charge in [-0.15, -0.1) is 10.2 Å². The second kappa shape index (κ2) is 5.58. The van der Waals surface area contributed by atoms with Gasteiger partial charge in [0.05, 0.1) is 5.71 Å². The average molecular weight is 338 g/mol. The Morgan fingerprint density at radius 2 is 1.87 bits per heavy atom. The molecule has 23 heavy (non-hydrogen) atoms. The van der Waals surface area contributed by atoms with Crippen molar-refractivity contribution in [2.24, 2.45) is 15.9 Å². The molecule has 2 aliphatic heterocycles. The van der Waals surface area contributed by atoms with Crippen LogP contribution in [0.4, 0.5) is 13.2 Å². The van der Waals surface area contributed by atoms with Gasteiger partial charge in [0.1, 0.15) is 11.4 Å². The Morgan fingerprint density at radius 1 is 1.17 bits per heavy atom. The van der Waals surface area contributed by atoms with Gasteiger partial charge in [0.15, 0.2) is 5.17 Å². The van der Waals surface area contributed by atoms with Gasteiger partial charge in [-0.3, -0.25) is 9.69 Å². The molecule has 2 heterocycles. The van der Waals surface area contributed by atoms with E-state index < -0.39 is 17.8 Å². The number of allylic oxidation sites excluding steroid dienone is 2. The predicted molar refractivity (Wildman–Crippen MR) is 81.3 cm³/mol. The van der Waals surface area contributed by atoms with Crippen LogP contribution >= 0.6 is 11.8 Å². The van der Waals surface area contributed by atoms with Crippen molar-refractivity contribution < 1.29 is 18.0 Å². The van der Waals surface area contributed by atoms with E-state index in [1.165, 1.54) is 5.41 Å². The second-order valence-corrected chi connectivity index (χ2v) is 5.42. The molecule has 3 rings (SSSR count). The first-order chi connectivity index (χ1) is 10.9. The minimum Gasteiger partial charge on any atom is -0.364 e. The summed E-state index contributed by atoms with van der Waals surface area (Å²) < 4.78 is 40.4. The van der Waals surface area contributed by atoms with E-state index in [0.29, 0.717) is 10.5 Å². The zero-order chi connectivity index (χ0) is 16.6. The van der Waals surface area contributed by atoms with Gasteiger partial charge in [0.2, 0.25) is 0 Å². The first-order valence-electron chi connectivity index (χ1n) is 6.34. The number of primary amides is 1. The smallest absolute Gasteiger partial charge is 0.364 e. The Balaban J connectivity index is 2.14. The number of alkyl halides is 3. The van der Waals surface area contributed by atoms with Crippen molar-refractivity contribution in [3.05, 3.63) is 58.8 Å². The third-order valence-corrected chi connectivity index (χ3v) is 3.89. The van der Waals surface area contributed by atoms with Gasteiger partial charge < -0.3 is 5.73 Å². The van der Waals surface area contributed by atoms with Crippen LogP contribution in [0, 0.1) is 0 Å². The molecule has 0 aliphatic carbocycles. The number of hydrogen-bond donors (Lipinski definition) is 1. The summed E-state index contributed by atoms with van der Waals surface area (Å²) in [6, 6.07) is 8.35. The molecular weight excluding hydrogens is 329 g/mol. The number of nitrogens with two attached hydrogens (primary N) is 1. The van der Waals surface area contributed by atoms with Crippen LogP contribution in [0.5, 0.6) is 0 Å². The van der Waals surface area contributed by atoms with Crippen LogP contribution in [0.15, 0.2) is 63.4 Å². The zero-order valence-corrected chi connectivity index (χ0v) is 12.2. The number of amidine groups is 1. The van der Waals surface area contributed by atoms with Crippen molar-refractivity contribution in [1.82, 2.24) is 4.90 Å². The van der Waals surface area contributed by atoms with E-state index >= 15 is 0 Å². The minimum absolute atomic E-state index is 0.0456. The molecule has 0 saturated carbocycles. The number of nitrogens with zero attached hydrogens (tertiary/aromatic N) is 3. The maximum Gasteiger partial charge on any atom is 0.431 e. The summed E-state index contributed by atoms with van der Waals surface area (Å²) in [6.07, 6.45) is -3.85. The third-order valence-electron chi connectivity index (χ3n) is 3.08. The number of fused-ring (bicyclic) bond motifs is 1. The quantitative estimate of drug-likeness (QED) is 0.901. The van der Waals surface area contributed by atoms with Crippen LogP contribution in [0.25, 0.3) is 0 Å². The molecule has 9 heteroatoms. The molecule has 1 amide bonds. The largest absolute Gasteiger partial charge is 0.431 e. The first kappa shape index (κ1) is 15.3. The van der Waals surface area contributed by atoms with E-state index in [1.807, 2.05) is 0 Å². The molecule has 0 unspecified atom stereocenters. The second-order valence-electron chi connectivity index (χ2n) is 4.58. The van der Waals surface area contributed by atoms with E-state index in [9.17, 15) is 18.0 Å². The summed E-state index contributed by atoms with van der Waals surface area (Å²) >= 11 is 0.858. The summed E-state index contributed by atoms with van der Waals surface area (Å²) in [7, 11) is 0. The molecular formula is C14H9F3N4OS. The standard InChI is InChI=1S/C14H9F3N4OS/c15-14(16,17)11-6-9(8-4-2-1-3-5-8)19-20-13-21(11)10(7-23-13)12(18)22/h1-7H,(H2,18,22). The lowest BCUT2D eigenvalue weighted by Crippen LogP contribution is -2.36. The van der Waals surface area contributed by atoms with Crippen molar-refractivity contribution in [2.75, 3.05) is 0 Å². The normalized spacial score (nSPS) is 17.6. The van der Waals surface area contributed by atoms with E-state index in [-0.39, 0.29) is 16.6 Å². The Hall–Kier alpha value is -2.55. The Kier molecular flexibility index (Phi) is 3.72. The van der Waals surface area contributed by atoms with Gasteiger partial charge in [-0.1, -0.05) is 42.1 Å². The van der Waals surface area contributed by atoms with Crippen LogP contribution in [-0.2, 0) is 4.79 Å². The number of amides is 1. The van der Waals surface area contributed by atoms with Gasteiger partial charge in [0.25, 0.3) is 5.91 Å². The predicted octanol–water partition coefficient (Wildman–Crippen LogP) is 2.58. The Labute approximate surface area is 133 Å². The third kappa shape index (κ3) is 2.87. The zero-order valence-electron chi connectivity index (χ0n) is 11.4.